The maximum Gasteiger partial charge on any atom is 0.434 e. The summed E-state index contributed by atoms with van der Waals surface area (Å²) in [5, 5.41) is 18.9. The first kappa shape index (κ1) is 21.2. The Morgan fingerprint density at radius 2 is 2.00 bits per heavy atom. The quantitative estimate of drug-likeness (QED) is 0.727. The minimum absolute atomic E-state index is 0. The van der Waals surface area contributed by atoms with Gasteiger partial charge in [-0.05, 0) is 19.1 Å². The molecule has 0 saturated carbocycles. The van der Waals surface area contributed by atoms with Crippen molar-refractivity contribution in [2.75, 3.05) is 19.6 Å². The normalized spacial score (nSPS) is 19.6. The maximum atomic E-state index is 13.6. The summed E-state index contributed by atoms with van der Waals surface area (Å²) in [4.78, 5) is 12.3. The number of aliphatic hydroxyl groups is 1. The first-order valence-electron chi connectivity index (χ1n) is 8.16. The van der Waals surface area contributed by atoms with Gasteiger partial charge in [0.2, 0.25) is 0 Å². The molecule has 1 fully saturated rings. The number of aliphatic hydroxyl groups excluding tert-OH is 1. The minimum Gasteiger partial charge on any atom is -0.391 e. The van der Waals surface area contributed by atoms with Gasteiger partial charge in [0.15, 0.2) is 5.69 Å². The Labute approximate surface area is 160 Å². The first-order valence-corrected chi connectivity index (χ1v) is 8.16. The standard InChI is InChI=1S/C17H19F3N4O2.ClH/c1-10-2-4-12(5-3-10)24-15(17(18,19)20)13(8-23-24)16(26)22-7-11-6-21-9-14(11)25;/h2-5,8,11,14,21,25H,6-7,9H2,1H3,(H,22,26);1H. The molecule has 2 aromatic rings. The molecular weight excluding hydrogens is 385 g/mol. The van der Waals surface area contributed by atoms with Gasteiger partial charge in [-0.2, -0.15) is 18.3 Å². The average Bonchev–Trinajstić information content (AvgIpc) is 3.19. The maximum absolute atomic E-state index is 13.6. The number of nitrogens with zero attached hydrogens (tertiary/aromatic N) is 2. The third kappa shape index (κ3) is 4.60. The zero-order chi connectivity index (χ0) is 18.9. The number of carbonyl (C=O) groups excluding carboxylic acids is 1. The Kier molecular flexibility index (Phi) is 6.50. The fourth-order valence-corrected chi connectivity index (χ4v) is 2.92. The van der Waals surface area contributed by atoms with Crippen LogP contribution >= 0.6 is 12.4 Å². The van der Waals surface area contributed by atoms with Gasteiger partial charge in [-0.1, -0.05) is 17.7 Å². The molecule has 27 heavy (non-hydrogen) atoms. The summed E-state index contributed by atoms with van der Waals surface area (Å²) >= 11 is 0. The van der Waals surface area contributed by atoms with E-state index in [1.165, 1.54) is 12.1 Å². The number of carbonyl (C=O) groups is 1. The summed E-state index contributed by atoms with van der Waals surface area (Å²) in [6.45, 7) is 2.80. The highest BCUT2D eigenvalue weighted by molar-refractivity contribution is 5.95. The lowest BCUT2D eigenvalue weighted by Gasteiger charge is -2.15. The van der Waals surface area contributed by atoms with Crippen LogP contribution < -0.4 is 10.6 Å². The fourth-order valence-electron chi connectivity index (χ4n) is 2.92. The van der Waals surface area contributed by atoms with E-state index in [1.807, 2.05) is 6.92 Å². The summed E-state index contributed by atoms with van der Waals surface area (Å²) in [7, 11) is 0. The number of nitrogens with one attached hydrogen (secondary N) is 2. The molecule has 6 nitrogen and oxygen atoms in total. The summed E-state index contributed by atoms with van der Waals surface area (Å²) in [6, 6.07) is 6.37. The molecule has 2 heterocycles. The van der Waals surface area contributed by atoms with Gasteiger partial charge in [0.1, 0.15) is 0 Å². The number of rotatable bonds is 4. The molecule has 1 aromatic heterocycles. The van der Waals surface area contributed by atoms with Crippen molar-refractivity contribution in [3.8, 4) is 5.69 Å². The van der Waals surface area contributed by atoms with Crippen LogP contribution in [0.25, 0.3) is 5.69 Å². The van der Waals surface area contributed by atoms with Crippen molar-refractivity contribution in [2.45, 2.75) is 19.2 Å². The second kappa shape index (κ2) is 8.28. The van der Waals surface area contributed by atoms with Gasteiger partial charge in [0.25, 0.3) is 5.91 Å². The molecule has 1 aromatic carbocycles. The van der Waals surface area contributed by atoms with Crippen molar-refractivity contribution < 1.29 is 23.1 Å². The van der Waals surface area contributed by atoms with Crippen LogP contribution in [0.3, 0.4) is 0 Å². The fraction of sp³-hybridized carbons (Fsp3) is 0.412. The number of β-amino-alcohol motifs (C(OH)–C–C–N with tert-alkyl or cyclic N) is 1. The molecular formula is C17H20ClF3N4O2. The Morgan fingerprint density at radius 3 is 2.56 bits per heavy atom. The number of aryl methyl sites for hydroxylation is 1. The number of hydrogen-bond acceptors (Lipinski definition) is 4. The topological polar surface area (TPSA) is 79.2 Å². The predicted molar refractivity (Wildman–Crippen MR) is 95.3 cm³/mol. The van der Waals surface area contributed by atoms with E-state index in [0.717, 1.165) is 16.4 Å². The van der Waals surface area contributed by atoms with Gasteiger partial charge >= 0.3 is 6.18 Å². The molecule has 148 valence electrons. The van der Waals surface area contributed by atoms with Crippen LogP contribution in [-0.4, -0.2) is 46.5 Å². The number of aromatic nitrogens is 2. The van der Waals surface area contributed by atoms with Crippen LogP contribution in [0.15, 0.2) is 30.5 Å². The summed E-state index contributed by atoms with van der Waals surface area (Å²) in [5.41, 5.74) is -0.545. The summed E-state index contributed by atoms with van der Waals surface area (Å²) < 4.78 is 41.5. The smallest absolute Gasteiger partial charge is 0.391 e. The number of halogens is 4. The monoisotopic (exact) mass is 404 g/mol. The third-order valence-electron chi connectivity index (χ3n) is 4.39. The van der Waals surface area contributed by atoms with Crippen LogP contribution in [0.2, 0.25) is 0 Å². The van der Waals surface area contributed by atoms with Gasteiger partial charge in [-0.25, -0.2) is 4.68 Å². The number of alkyl halides is 3. The molecule has 1 aliphatic heterocycles. The highest BCUT2D eigenvalue weighted by Gasteiger charge is 2.40. The molecule has 2 atom stereocenters. The number of amides is 1. The molecule has 1 aliphatic rings. The zero-order valence-electron chi connectivity index (χ0n) is 14.5. The average molecular weight is 405 g/mol. The van der Waals surface area contributed by atoms with Crippen LogP contribution in [-0.2, 0) is 6.18 Å². The molecule has 1 amide bonds. The minimum atomic E-state index is -4.75. The van der Waals surface area contributed by atoms with Gasteiger partial charge < -0.3 is 15.7 Å². The van der Waals surface area contributed by atoms with E-state index in [2.05, 4.69) is 15.7 Å². The van der Waals surface area contributed by atoms with E-state index in [0.29, 0.717) is 13.1 Å². The van der Waals surface area contributed by atoms with E-state index in [-0.39, 0.29) is 30.6 Å². The lowest BCUT2D eigenvalue weighted by Crippen LogP contribution is -2.35. The molecule has 0 aliphatic carbocycles. The highest BCUT2D eigenvalue weighted by atomic mass is 35.5. The number of benzene rings is 1. The Balaban J connectivity index is 0.00000261. The Bertz CT molecular complexity index is 792. The van der Waals surface area contributed by atoms with E-state index in [9.17, 15) is 23.1 Å². The molecule has 1 saturated heterocycles. The largest absolute Gasteiger partial charge is 0.434 e. The van der Waals surface area contributed by atoms with Crippen molar-refractivity contribution in [1.82, 2.24) is 20.4 Å². The number of hydrogen-bond donors (Lipinski definition) is 3. The van der Waals surface area contributed by atoms with Gasteiger partial charge in [-0.3, -0.25) is 4.79 Å². The van der Waals surface area contributed by atoms with Crippen molar-refractivity contribution >= 4 is 18.3 Å². The third-order valence-corrected chi connectivity index (χ3v) is 4.39. The first-order chi connectivity index (χ1) is 12.3. The molecule has 2 unspecified atom stereocenters. The Morgan fingerprint density at radius 1 is 1.33 bits per heavy atom. The predicted octanol–water partition coefficient (Wildman–Crippen LogP) is 1.93. The van der Waals surface area contributed by atoms with Crippen LogP contribution in [0.1, 0.15) is 21.6 Å². The van der Waals surface area contributed by atoms with Gasteiger partial charge in [0, 0.05) is 25.6 Å². The van der Waals surface area contributed by atoms with E-state index >= 15 is 0 Å². The second-order valence-electron chi connectivity index (χ2n) is 6.35. The SMILES string of the molecule is Cc1ccc(-n2ncc(C(=O)NCC3CNCC3O)c2C(F)(F)F)cc1.Cl. The van der Waals surface area contributed by atoms with Crippen molar-refractivity contribution in [1.29, 1.82) is 0 Å². The van der Waals surface area contributed by atoms with Crippen LogP contribution in [0, 0.1) is 12.8 Å². The van der Waals surface area contributed by atoms with E-state index in [1.54, 1.807) is 12.1 Å². The van der Waals surface area contributed by atoms with E-state index < -0.39 is 29.4 Å². The van der Waals surface area contributed by atoms with Crippen molar-refractivity contribution in [2.24, 2.45) is 5.92 Å². The molecule has 3 N–H and O–H groups in total. The van der Waals surface area contributed by atoms with Crippen LogP contribution in [0.5, 0.6) is 0 Å². The van der Waals surface area contributed by atoms with Gasteiger partial charge in [0.05, 0.1) is 23.6 Å². The molecule has 0 bridgehead atoms. The molecule has 3 rings (SSSR count). The summed E-state index contributed by atoms with van der Waals surface area (Å²) in [5.74, 6) is -1.10. The zero-order valence-corrected chi connectivity index (χ0v) is 15.3. The highest BCUT2D eigenvalue weighted by Crippen LogP contribution is 2.33. The molecule has 10 heteroatoms. The van der Waals surface area contributed by atoms with Crippen molar-refractivity contribution in [3.05, 3.63) is 47.3 Å². The molecule has 0 radical (unpaired) electrons. The van der Waals surface area contributed by atoms with E-state index in [4.69, 9.17) is 0 Å². The molecule has 0 spiro atoms. The second-order valence-corrected chi connectivity index (χ2v) is 6.35. The van der Waals surface area contributed by atoms with Gasteiger partial charge in [-0.15, -0.1) is 12.4 Å². The van der Waals surface area contributed by atoms with Crippen molar-refractivity contribution in [3.63, 3.8) is 0 Å². The lowest BCUT2D eigenvalue weighted by molar-refractivity contribution is -0.143. The van der Waals surface area contributed by atoms with Crippen LogP contribution in [0.4, 0.5) is 13.2 Å². The summed E-state index contributed by atoms with van der Waals surface area (Å²) in [6.07, 6.45) is -4.46. The Hall–Kier alpha value is -2.10. The lowest BCUT2D eigenvalue weighted by atomic mass is 10.1.